The number of rotatable bonds is 12. The minimum atomic E-state index is -1.08. The van der Waals surface area contributed by atoms with Gasteiger partial charge in [0, 0.05) is 5.56 Å². The number of aliphatic hydroxyl groups is 1. The molecule has 10 nitrogen and oxygen atoms in total. The molecule has 42 heavy (non-hydrogen) atoms. The molecule has 2 heterocycles. The Balaban J connectivity index is 1.88. The van der Waals surface area contributed by atoms with Crippen LogP contribution in [-0.4, -0.2) is 55.2 Å². The number of carbonyl (C=O) groups is 3. The SMILES string of the molecule is CCCCCOc1ccc(C2C(=C(O)c3cccc(OCC)c3)C(=O)C(=O)N2c2nc(C)c(C(=O)OC)s2)cc1OC. The zero-order valence-corrected chi connectivity index (χ0v) is 25.1. The molecule has 0 spiro atoms. The summed E-state index contributed by atoms with van der Waals surface area (Å²) in [7, 11) is 2.75. The average Bonchev–Trinajstić information content (AvgIpc) is 3.50. The molecule has 1 N–H and O–H groups in total. The van der Waals surface area contributed by atoms with E-state index in [1.54, 1.807) is 49.4 Å². The number of ether oxygens (including phenoxy) is 4. The molecule has 0 aliphatic carbocycles. The Bertz CT molecular complexity index is 1510. The molecule has 0 bridgehead atoms. The zero-order chi connectivity index (χ0) is 30.4. The van der Waals surface area contributed by atoms with Crippen LogP contribution in [0.5, 0.6) is 17.2 Å². The second-order valence-corrected chi connectivity index (χ2v) is 10.5. The first kappa shape index (κ1) is 30.6. The summed E-state index contributed by atoms with van der Waals surface area (Å²) in [5.74, 6) is -1.37. The Morgan fingerprint density at radius 3 is 2.52 bits per heavy atom. The van der Waals surface area contributed by atoms with Gasteiger partial charge in [-0.15, -0.1) is 0 Å². The van der Waals surface area contributed by atoms with Crippen molar-refractivity contribution in [1.29, 1.82) is 0 Å². The van der Waals surface area contributed by atoms with E-state index < -0.39 is 23.7 Å². The summed E-state index contributed by atoms with van der Waals surface area (Å²) in [5, 5.41) is 11.6. The number of anilines is 1. The van der Waals surface area contributed by atoms with Crippen molar-refractivity contribution in [3.05, 3.63) is 69.7 Å². The van der Waals surface area contributed by atoms with E-state index in [4.69, 9.17) is 18.9 Å². The highest BCUT2D eigenvalue weighted by Crippen LogP contribution is 2.45. The summed E-state index contributed by atoms with van der Waals surface area (Å²) in [6.45, 7) is 6.48. The molecule has 0 radical (unpaired) electrons. The highest BCUT2D eigenvalue weighted by molar-refractivity contribution is 7.17. The number of ketones is 1. The van der Waals surface area contributed by atoms with Crippen molar-refractivity contribution in [3.63, 3.8) is 0 Å². The van der Waals surface area contributed by atoms with E-state index in [0.717, 1.165) is 30.6 Å². The lowest BCUT2D eigenvalue weighted by Crippen LogP contribution is -2.29. The topological polar surface area (TPSA) is 124 Å². The number of unbranched alkanes of at least 4 members (excludes halogenated alkanes) is 2. The Hall–Kier alpha value is -4.38. The summed E-state index contributed by atoms with van der Waals surface area (Å²) in [4.78, 5) is 45.4. The van der Waals surface area contributed by atoms with Crippen LogP contribution < -0.4 is 19.1 Å². The molecular formula is C31H34N2O8S. The van der Waals surface area contributed by atoms with Crippen molar-refractivity contribution in [3.8, 4) is 17.2 Å². The Labute approximate surface area is 248 Å². The number of benzene rings is 2. The Morgan fingerprint density at radius 2 is 1.83 bits per heavy atom. The number of methoxy groups -OCH3 is 2. The van der Waals surface area contributed by atoms with E-state index in [9.17, 15) is 19.5 Å². The van der Waals surface area contributed by atoms with Crippen LogP contribution in [0.25, 0.3) is 5.76 Å². The fourth-order valence-electron chi connectivity index (χ4n) is 4.68. The number of carbonyl (C=O) groups excluding carboxylic acids is 3. The first-order valence-electron chi connectivity index (χ1n) is 13.7. The number of nitrogens with zero attached hydrogens (tertiary/aromatic N) is 2. The summed E-state index contributed by atoms with van der Waals surface area (Å²) in [6, 6.07) is 10.7. The van der Waals surface area contributed by atoms with Crippen molar-refractivity contribution in [2.75, 3.05) is 32.3 Å². The first-order valence-corrected chi connectivity index (χ1v) is 14.5. The number of aromatic nitrogens is 1. The van der Waals surface area contributed by atoms with E-state index in [-0.39, 0.29) is 21.3 Å². The average molecular weight is 595 g/mol. The molecule has 3 aromatic rings. The van der Waals surface area contributed by atoms with E-state index >= 15 is 0 Å². The van der Waals surface area contributed by atoms with Crippen molar-refractivity contribution >= 4 is 39.9 Å². The normalized spacial score (nSPS) is 16.0. The van der Waals surface area contributed by atoms with E-state index in [1.165, 1.54) is 19.1 Å². The third-order valence-corrected chi connectivity index (χ3v) is 7.87. The lowest BCUT2D eigenvalue weighted by molar-refractivity contribution is -0.132. The molecule has 11 heteroatoms. The third-order valence-electron chi connectivity index (χ3n) is 6.73. The smallest absolute Gasteiger partial charge is 0.350 e. The predicted octanol–water partition coefficient (Wildman–Crippen LogP) is 5.84. The number of hydrogen-bond acceptors (Lipinski definition) is 10. The molecule has 1 aliphatic heterocycles. The fourth-order valence-corrected chi connectivity index (χ4v) is 5.69. The number of aliphatic hydroxyl groups excluding tert-OH is 1. The van der Waals surface area contributed by atoms with Gasteiger partial charge in [0.15, 0.2) is 16.6 Å². The predicted molar refractivity (Wildman–Crippen MR) is 159 cm³/mol. The minimum absolute atomic E-state index is 0.112. The van der Waals surface area contributed by atoms with Gasteiger partial charge in [-0.3, -0.25) is 14.5 Å². The second kappa shape index (κ2) is 13.5. The van der Waals surface area contributed by atoms with Crippen LogP contribution in [-0.2, 0) is 14.3 Å². The van der Waals surface area contributed by atoms with Crippen LogP contribution in [0.2, 0.25) is 0 Å². The second-order valence-electron chi connectivity index (χ2n) is 9.50. The number of Topliss-reactive ketones (excluding diaryl/α,β-unsaturated/α-hetero) is 1. The first-order chi connectivity index (χ1) is 20.2. The molecule has 1 unspecified atom stereocenters. The number of thiazole rings is 1. The van der Waals surface area contributed by atoms with Crippen molar-refractivity contribution in [2.24, 2.45) is 0 Å². The fraction of sp³-hybridized carbons (Fsp3) is 0.355. The van der Waals surface area contributed by atoms with Gasteiger partial charge in [0.05, 0.1) is 44.7 Å². The van der Waals surface area contributed by atoms with E-state index in [1.807, 2.05) is 6.92 Å². The van der Waals surface area contributed by atoms with Crippen LogP contribution in [0.4, 0.5) is 5.13 Å². The van der Waals surface area contributed by atoms with Crippen molar-refractivity contribution in [2.45, 2.75) is 46.1 Å². The van der Waals surface area contributed by atoms with Crippen LogP contribution in [0.15, 0.2) is 48.0 Å². The van der Waals surface area contributed by atoms with Gasteiger partial charge in [-0.2, -0.15) is 0 Å². The summed E-state index contributed by atoms with van der Waals surface area (Å²) in [6.07, 6.45) is 2.97. The molecule has 1 fully saturated rings. The van der Waals surface area contributed by atoms with Gasteiger partial charge in [-0.05, 0) is 50.1 Å². The molecule has 222 valence electrons. The molecule has 1 atom stereocenters. The maximum atomic E-state index is 13.6. The summed E-state index contributed by atoms with van der Waals surface area (Å²) >= 11 is 0.928. The summed E-state index contributed by atoms with van der Waals surface area (Å²) in [5.41, 5.74) is 0.986. The van der Waals surface area contributed by atoms with Crippen LogP contribution in [0.3, 0.4) is 0 Å². The number of esters is 1. The Kier molecular flexibility index (Phi) is 9.84. The van der Waals surface area contributed by atoms with Crippen LogP contribution in [0, 0.1) is 6.92 Å². The van der Waals surface area contributed by atoms with Gasteiger partial charge in [0.25, 0.3) is 5.78 Å². The zero-order valence-electron chi connectivity index (χ0n) is 24.3. The van der Waals surface area contributed by atoms with Crippen LogP contribution in [0.1, 0.15) is 65.6 Å². The van der Waals surface area contributed by atoms with Gasteiger partial charge in [0.1, 0.15) is 16.4 Å². The lowest BCUT2D eigenvalue weighted by atomic mass is 9.95. The maximum Gasteiger partial charge on any atom is 0.350 e. The molecular weight excluding hydrogens is 560 g/mol. The van der Waals surface area contributed by atoms with E-state index in [2.05, 4.69) is 11.9 Å². The largest absolute Gasteiger partial charge is 0.507 e. The quantitative estimate of drug-likeness (QED) is 0.0905. The molecule has 1 amide bonds. The molecule has 0 saturated carbocycles. The maximum absolute atomic E-state index is 13.6. The monoisotopic (exact) mass is 594 g/mol. The van der Waals surface area contributed by atoms with Gasteiger partial charge in [0.2, 0.25) is 0 Å². The summed E-state index contributed by atoms with van der Waals surface area (Å²) < 4.78 is 22.0. The highest BCUT2D eigenvalue weighted by Gasteiger charge is 2.48. The standard InChI is InChI=1S/C31H34N2O8S/c1-6-8-9-15-41-22-14-13-19(17-23(22)38-4)25-24(26(34)20-11-10-12-21(16-20)40-7-2)27(35)29(36)33(25)31-32-18(3)28(42-31)30(37)39-5/h10-14,16-17,25,34H,6-9,15H2,1-5H3. The van der Waals surface area contributed by atoms with Gasteiger partial charge in [-0.1, -0.05) is 49.3 Å². The molecule has 1 saturated heterocycles. The van der Waals surface area contributed by atoms with Crippen LogP contribution >= 0.6 is 11.3 Å². The number of hydrogen-bond donors (Lipinski definition) is 1. The number of aryl methyl sites for hydroxylation is 1. The van der Waals surface area contributed by atoms with Gasteiger partial charge < -0.3 is 24.1 Å². The molecule has 1 aromatic heterocycles. The third kappa shape index (κ3) is 6.11. The highest BCUT2D eigenvalue weighted by atomic mass is 32.1. The van der Waals surface area contributed by atoms with Gasteiger partial charge in [-0.25, -0.2) is 9.78 Å². The van der Waals surface area contributed by atoms with Crippen molar-refractivity contribution in [1.82, 2.24) is 4.98 Å². The van der Waals surface area contributed by atoms with E-state index in [0.29, 0.717) is 47.3 Å². The molecule has 2 aromatic carbocycles. The number of amides is 1. The lowest BCUT2D eigenvalue weighted by Gasteiger charge is -2.24. The molecule has 1 aliphatic rings. The minimum Gasteiger partial charge on any atom is -0.507 e. The van der Waals surface area contributed by atoms with Crippen molar-refractivity contribution < 1.29 is 38.4 Å². The Morgan fingerprint density at radius 1 is 1.05 bits per heavy atom. The van der Waals surface area contributed by atoms with Gasteiger partial charge >= 0.3 is 11.9 Å². The molecule has 4 rings (SSSR count).